The van der Waals surface area contributed by atoms with Crippen LogP contribution in [0.25, 0.3) is 10.4 Å². The van der Waals surface area contributed by atoms with Crippen LogP contribution in [0.5, 0.6) is 0 Å². The molecule has 1 aromatic rings. The first-order chi connectivity index (χ1) is 9.27. The van der Waals surface area contributed by atoms with E-state index < -0.39 is 23.8 Å². The first-order valence-corrected chi connectivity index (χ1v) is 6.24. The van der Waals surface area contributed by atoms with Crippen molar-refractivity contribution in [2.75, 3.05) is 6.54 Å². The van der Waals surface area contributed by atoms with Gasteiger partial charge in [0.1, 0.15) is 5.60 Å². The SMILES string of the molecule is CC(C)(C)OC(=O)C(F)(CN=[N+]=[N-])Cc1ccccc1. The van der Waals surface area contributed by atoms with Crippen LogP contribution >= 0.6 is 0 Å². The summed E-state index contributed by atoms with van der Waals surface area (Å²) >= 11 is 0. The lowest BCUT2D eigenvalue weighted by Gasteiger charge is -2.27. The van der Waals surface area contributed by atoms with Crippen molar-refractivity contribution < 1.29 is 13.9 Å². The molecule has 1 rings (SSSR count). The van der Waals surface area contributed by atoms with E-state index in [2.05, 4.69) is 10.0 Å². The van der Waals surface area contributed by atoms with Crippen LogP contribution in [0.4, 0.5) is 4.39 Å². The summed E-state index contributed by atoms with van der Waals surface area (Å²) in [6.45, 7) is 4.37. The monoisotopic (exact) mass is 279 g/mol. The molecule has 0 spiro atoms. The fraction of sp³-hybridized carbons (Fsp3) is 0.500. The molecule has 6 heteroatoms. The maximum atomic E-state index is 14.8. The maximum Gasteiger partial charge on any atom is 0.344 e. The van der Waals surface area contributed by atoms with Crippen LogP contribution < -0.4 is 0 Å². The Morgan fingerprint density at radius 1 is 1.35 bits per heavy atom. The largest absolute Gasteiger partial charge is 0.458 e. The first kappa shape index (κ1) is 16.0. The van der Waals surface area contributed by atoms with Crippen LogP contribution in [-0.4, -0.2) is 23.8 Å². The Morgan fingerprint density at radius 2 is 1.95 bits per heavy atom. The van der Waals surface area contributed by atoms with E-state index in [0.29, 0.717) is 5.56 Å². The number of azide groups is 1. The van der Waals surface area contributed by atoms with Gasteiger partial charge in [-0.25, -0.2) is 9.18 Å². The molecule has 0 aliphatic carbocycles. The minimum Gasteiger partial charge on any atom is -0.458 e. The van der Waals surface area contributed by atoms with Gasteiger partial charge in [0.05, 0.1) is 6.54 Å². The van der Waals surface area contributed by atoms with Crippen LogP contribution in [0.2, 0.25) is 0 Å². The normalized spacial score (nSPS) is 14.0. The molecule has 0 aliphatic rings. The molecule has 0 saturated heterocycles. The van der Waals surface area contributed by atoms with Crippen molar-refractivity contribution in [3.8, 4) is 0 Å². The molecule has 0 aromatic heterocycles. The number of ether oxygens (including phenoxy) is 1. The van der Waals surface area contributed by atoms with E-state index in [1.54, 1.807) is 51.1 Å². The molecule has 0 fully saturated rings. The molecule has 1 aromatic carbocycles. The third kappa shape index (κ3) is 4.90. The molecular formula is C14H18FN3O2. The third-order valence-electron chi connectivity index (χ3n) is 2.48. The van der Waals surface area contributed by atoms with Gasteiger partial charge in [0.15, 0.2) is 0 Å². The molecule has 0 heterocycles. The fourth-order valence-corrected chi connectivity index (χ4v) is 1.63. The summed E-state index contributed by atoms with van der Waals surface area (Å²) < 4.78 is 19.9. The van der Waals surface area contributed by atoms with Gasteiger partial charge in [-0.1, -0.05) is 35.4 Å². The lowest BCUT2D eigenvalue weighted by atomic mass is 9.96. The second kappa shape index (κ2) is 6.39. The van der Waals surface area contributed by atoms with E-state index >= 15 is 0 Å². The van der Waals surface area contributed by atoms with Crippen LogP contribution in [0.3, 0.4) is 0 Å². The topological polar surface area (TPSA) is 75.1 Å². The van der Waals surface area contributed by atoms with E-state index in [4.69, 9.17) is 10.3 Å². The molecule has 0 N–H and O–H groups in total. The number of benzene rings is 1. The van der Waals surface area contributed by atoms with E-state index in [1.807, 2.05) is 0 Å². The molecular weight excluding hydrogens is 261 g/mol. The number of carbonyl (C=O) groups is 1. The van der Waals surface area contributed by atoms with E-state index in [9.17, 15) is 9.18 Å². The average molecular weight is 279 g/mol. The van der Waals surface area contributed by atoms with Gasteiger partial charge in [0.25, 0.3) is 0 Å². The van der Waals surface area contributed by atoms with Crippen molar-refractivity contribution in [2.24, 2.45) is 5.11 Å². The van der Waals surface area contributed by atoms with Crippen molar-refractivity contribution in [3.63, 3.8) is 0 Å². The van der Waals surface area contributed by atoms with Crippen molar-refractivity contribution >= 4 is 5.97 Å². The standard InChI is InChI=1S/C14H18FN3O2/c1-13(2,3)20-12(19)14(15,10-17-18-16)9-11-7-5-4-6-8-11/h4-8H,9-10H2,1-3H3. The van der Waals surface area contributed by atoms with Gasteiger partial charge >= 0.3 is 5.97 Å². The Labute approximate surface area is 117 Å². The van der Waals surface area contributed by atoms with Crippen molar-refractivity contribution in [1.29, 1.82) is 0 Å². The second-order valence-electron chi connectivity index (χ2n) is 5.52. The number of alkyl halides is 1. The maximum absolute atomic E-state index is 14.8. The zero-order valence-electron chi connectivity index (χ0n) is 11.8. The predicted octanol–water partition coefficient (Wildman–Crippen LogP) is 3.59. The minimum atomic E-state index is -2.36. The van der Waals surface area contributed by atoms with Gasteiger partial charge in [-0.2, -0.15) is 0 Å². The zero-order valence-corrected chi connectivity index (χ0v) is 11.8. The summed E-state index contributed by atoms with van der Waals surface area (Å²) in [6.07, 6.45) is -0.193. The number of rotatable bonds is 5. The van der Waals surface area contributed by atoms with E-state index in [-0.39, 0.29) is 6.42 Å². The molecule has 1 atom stereocenters. The summed E-state index contributed by atoms with van der Waals surface area (Å²) in [5.41, 5.74) is 5.82. The Kier molecular flexibility index (Phi) is 5.11. The highest BCUT2D eigenvalue weighted by Crippen LogP contribution is 2.24. The summed E-state index contributed by atoms with van der Waals surface area (Å²) in [5, 5.41) is 3.20. The molecule has 0 saturated carbocycles. The second-order valence-corrected chi connectivity index (χ2v) is 5.52. The molecule has 0 bridgehead atoms. The highest BCUT2D eigenvalue weighted by molar-refractivity contribution is 5.80. The molecule has 108 valence electrons. The number of hydrogen-bond acceptors (Lipinski definition) is 3. The molecule has 1 unspecified atom stereocenters. The fourth-order valence-electron chi connectivity index (χ4n) is 1.63. The number of carbonyl (C=O) groups excluding carboxylic acids is 1. The third-order valence-corrected chi connectivity index (χ3v) is 2.48. The van der Waals surface area contributed by atoms with Gasteiger partial charge in [-0.05, 0) is 31.9 Å². The molecule has 5 nitrogen and oxygen atoms in total. The van der Waals surface area contributed by atoms with Crippen molar-refractivity contribution in [3.05, 3.63) is 46.3 Å². The summed E-state index contributed by atoms with van der Waals surface area (Å²) in [7, 11) is 0. The number of esters is 1. The molecule has 0 aliphatic heterocycles. The van der Waals surface area contributed by atoms with Gasteiger partial charge < -0.3 is 4.74 Å². The van der Waals surface area contributed by atoms with Crippen LogP contribution in [0.1, 0.15) is 26.3 Å². The van der Waals surface area contributed by atoms with Gasteiger partial charge in [-0.15, -0.1) is 0 Å². The summed E-state index contributed by atoms with van der Waals surface area (Å²) in [6, 6.07) is 8.70. The Balaban J connectivity index is 2.96. The number of nitrogens with zero attached hydrogens (tertiary/aromatic N) is 3. The number of hydrogen-bond donors (Lipinski definition) is 0. The smallest absolute Gasteiger partial charge is 0.344 e. The molecule has 0 radical (unpaired) electrons. The van der Waals surface area contributed by atoms with Crippen LogP contribution in [0, 0.1) is 0 Å². The van der Waals surface area contributed by atoms with E-state index in [1.165, 1.54) is 0 Å². The Hall–Kier alpha value is -2.07. The Bertz CT molecular complexity index is 507. The van der Waals surface area contributed by atoms with Crippen molar-refractivity contribution in [2.45, 2.75) is 38.5 Å². The lowest BCUT2D eigenvalue weighted by molar-refractivity contribution is -0.168. The van der Waals surface area contributed by atoms with Gasteiger partial charge in [0, 0.05) is 11.3 Å². The summed E-state index contributed by atoms with van der Waals surface area (Å²) in [4.78, 5) is 14.5. The predicted molar refractivity (Wildman–Crippen MR) is 73.8 cm³/mol. The van der Waals surface area contributed by atoms with E-state index in [0.717, 1.165) is 0 Å². The average Bonchev–Trinajstić information content (AvgIpc) is 2.35. The highest BCUT2D eigenvalue weighted by Gasteiger charge is 2.41. The molecule has 20 heavy (non-hydrogen) atoms. The Morgan fingerprint density at radius 3 is 2.45 bits per heavy atom. The van der Waals surface area contributed by atoms with Crippen molar-refractivity contribution in [1.82, 2.24) is 0 Å². The summed E-state index contributed by atoms with van der Waals surface area (Å²) in [5.74, 6) is -1.01. The first-order valence-electron chi connectivity index (χ1n) is 6.24. The minimum absolute atomic E-state index is 0.193. The number of halogens is 1. The quantitative estimate of drug-likeness (QED) is 0.357. The molecule has 0 amide bonds. The van der Waals surface area contributed by atoms with Gasteiger partial charge in [0.2, 0.25) is 5.67 Å². The van der Waals surface area contributed by atoms with Crippen LogP contribution in [0.15, 0.2) is 35.4 Å². The lowest BCUT2D eigenvalue weighted by Crippen LogP contribution is -2.44. The zero-order chi connectivity index (χ0) is 15.2. The van der Waals surface area contributed by atoms with Crippen LogP contribution in [-0.2, 0) is 16.0 Å². The van der Waals surface area contributed by atoms with Gasteiger partial charge in [-0.3, -0.25) is 0 Å². The highest BCUT2D eigenvalue weighted by atomic mass is 19.1.